The summed E-state index contributed by atoms with van der Waals surface area (Å²) in [5.41, 5.74) is 0.728. The van der Waals surface area contributed by atoms with Crippen molar-refractivity contribution in [3.63, 3.8) is 0 Å². The number of likely N-dealkylation sites (tertiary alicyclic amines) is 1. The van der Waals surface area contributed by atoms with Crippen molar-refractivity contribution < 1.29 is 4.79 Å². The van der Waals surface area contributed by atoms with Gasteiger partial charge >= 0.3 is 0 Å². The number of piperidine rings is 1. The van der Waals surface area contributed by atoms with Crippen LogP contribution in [0.5, 0.6) is 0 Å². The van der Waals surface area contributed by atoms with Crippen molar-refractivity contribution in [2.45, 2.75) is 32.6 Å². The molecule has 1 amide bonds. The van der Waals surface area contributed by atoms with E-state index in [1.807, 2.05) is 17.0 Å². The monoisotopic (exact) mass is 325 g/mol. The van der Waals surface area contributed by atoms with E-state index in [1.54, 1.807) is 6.20 Å². The first-order valence-electron chi connectivity index (χ1n) is 9.36. The van der Waals surface area contributed by atoms with Gasteiger partial charge in [-0.25, -0.2) is 4.98 Å². The highest BCUT2D eigenvalue weighted by molar-refractivity contribution is 5.94. The van der Waals surface area contributed by atoms with Gasteiger partial charge in [0.2, 0.25) is 0 Å². The summed E-state index contributed by atoms with van der Waals surface area (Å²) < 4.78 is 0. The number of nitrogens with zero attached hydrogens (tertiary/aromatic N) is 3. The van der Waals surface area contributed by atoms with E-state index in [1.165, 1.54) is 12.8 Å². The molecule has 0 saturated carbocycles. The number of rotatable bonds is 2. The summed E-state index contributed by atoms with van der Waals surface area (Å²) in [5.74, 6) is 3.44. The Kier molecular flexibility index (Phi) is 4.30. The molecule has 1 aliphatic carbocycles. The highest BCUT2D eigenvalue weighted by atomic mass is 16.2. The summed E-state index contributed by atoms with van der Waals surface area (Å²) in [6.07, 6.45) is 11.0. The molecule has 2 saturated heterocycles. The fraction of sp³-hybridized carbons (Fsp3) is 0.600. The van der Waals surface area contributed by atoms with E-state index in [2.05, 4.69) is 29.0 Å². The first kappa shape index (κ1) is 15.7. The summed E-state index contributed by atoms with van der Waals surface area (Å²) >= 11 is 0. The van der Waals surface area contributed by atoms with Gasteiger partial charge in [-0.1, -0.05) is 19.1 Å². The Morgan fingerprint density at radius 2 is 1.75 bits per heavy atom. The van der Waals surface area contributed by atoms with Crippen molar-refractivity contribution in [2.24, 2.45) is 17.8 Å². The molecule has 24 heavy (non-hydrogen) atoms. The number of hydrogen-bond donors (Lipinski definition) is 0. The highest BCUT2D eigenvalue weighted by Crippen LogP contribution is 2.34. The molecule has 2 atom stereocenters. The molecule has 0 spiro atoms. The molecule has 2 unspecified atom stereocenters. The molecule has 2 fully saturated rings. The predicted octanol–water partition coefficient (Wildman–Crippen LogP) is 3.36. The number of aromatic nitrogens is 1. The molecule has 4 nitrogen and oxygen atoms in total. The van der Waals surface area contributed by atoms with Crippen molar-refractivity contribution >= 4 is 11.7 Å². The molecule has 4 rings (SSSR count). The Balaban J connectivity index is 1.41. The molecule has 3 aliphatic rings. The fourth-order valence-corrected chi connectivity index (χ4v) is 4.30. The second-order valence-electron chi connectivity index (χ2n) is 7.75. The lowest BCUT2D eigenvalue weighted by atomic mass is 9.86. The second kappa shape index (κ2) is 6.58. The molecule has 1 aromatic heterocycles. The molecule has 1 aromatic rings. The summed E-state index contributed by atoms with van der Waals surface area (Å²) in [5, 5.41) is 0. The number of amides is 1. The molecule has 2 aliphatic heterocycles. The van der Waals surface area contributed by atoms with Crippen molar-refractivity contribution in [3.05, 3.63) is 36.0 Å². The summed E-state index contributed by atoms with van der Waals surface area (Å²) in [6.45, 7) is 6.22. The van der Waals surface area contributed by atoms with Gasteiger partial charge in [0.15, 0.2) is 0 Å². The minimum Gasteiger partial charge on any atom is -0.356 e. The third kappa shape index (κ3) is 3.06. The van der Waals surface area contributed by atoms with Crippen LogP contribution in [0.4, 0.5) is 5.82 Å². The lowest BCUT2D eigenvalue weighted by Crippen LogP contribution is -2.38. The van der Waals surface area contributed by atoms with Crippen LogP contribution < -0.4 is 4.90 Å². The van der Waals surface area contributed by atoms with Gasteiger partial charge in [-0.15, -0.1) is 0 Å². The Bertz CT molecular complexity index is 600. The minimum absolute atomic E-state index is 0.139. The van der Waals surface area contributed by atoms with Crippen LogP contribution in [0.25, 0.3) is 0 Å². The van der Waals surface area contributed by atoms with Crippen molar-refractivity contribution in [1.29, 1.82) is 0 Å². The van der Waals surface area contributed by atoms with E-state index in [9.17, 15) is 4.79 Å². The van der Waals surface area contributed by atoms with Crippen LogP contribution in [-0.2, 0) is 0 Å². The molecule has 0 bridgehead atoms. The maximum absolute atomic E-state index is 12.6. The third-order valence-electron chi connectivity index (χ3n) is 6.01. The van der Waals surface area contributed by atoms with Crippen molar-refractivity contribution in [1.82, 2.24) is 9.88 Å². The summed E-state index contributed by atoms with van der Waals surface area (Å²) in [7, 11) is 0. The third-order valence-corrected chi connectivity index (χ3v) is 6.01. The number of allylic oxidation sites excluding steroid dienone is 2. The van der Waals surface area contributed by atoms with E-state index in [4.69, 9.17) is 0 Å². The van der Waals surface area contributed by atoms with Crippen LogP contribution >= 0.6 is 0 Å². The van der Waals surface area contributed by atoms with Crippen LogP contribution in [0.2, 0.25) is 0 Å². The second-order valence-corrected chi connectivity index (χ2v) is 7.75. The number of anilines is 1. The largest absolute Gasteiger partial charge is 0.356 e. The summed E-state index contributed by atoms with van der Waals surface area (Å²) in [6, 6.07) is 3.99. The van der Waals surface area contributed by atoms with Gasteiger partial charge in [-0.2, -0.15) is 0 Å². The van der Waals surface area contributed by atoms with Gasteiger partial charge in [0.25, 0.3) is 5.91 Å². The van der Waals surface area contributed by atoms with Crippen LogP contribution in [0.15, 0.2) is 30.5 Å². The fourth-order valence-electron chi connectivity index (χ4n) is 4.30. The van der Waals surface area contributed by atoms with Crippen molar-refractivity contribution in [2.75, 3.05) is 31.1 Å². The topological polar surface area (TPSA) is 36.4 Å². The average molecular weight is 325 g/mol. The lowest BCUT2D eigenvalue weighted by molar-refractivity contribution is 0.0697. The number of carbonyl (C=O) groups is 1. The quantitative estimate of drug-likeness (QED) is 0.782. The Labute approximate surface area is 144 Å². The van der Waals surface area contributed by atoms with Gasteiger partial charge in [-0.05, 0) is 55.6 Å². The summed E-state index contributed by atoms with van der Waals surface area (Å²) in [4.78, 5) is 21.6. The van der Waals surface area contributed by atoms with Crippen LogP contribution in [0.1, 0.15) is 43.0 Å². The number of carbonyl (C=O) groups excluding carboxylic acids is 1. The number of hydrogen-bond acceptors (Lipinski definition) is 3. The zero-order valence-electron chi connectivity index (χ0n) is 14.5. The normalized spacial score (nSPS) is 27.4. The zero-order chi connectivity index (χ0) is 16.5. The van der Waals surface area contributed by atoms with Gasteiger partial charge in [0.1, 0.15) is 5.82 Å². The van der Waals surface area contributed by atoms with E-state index in [0.29, 0.717) is 0 Å². The van der Waals surface area contributed by atoms with Crippen LogP contribution in [0, 0.1) is 17.8 Å². The standard InChI is InChI=1S/C20H27N3O/c1-15-8-10-22(11-9-15)20(24)16-6-7-19(21-12-16)23-13-17-4-2-3-5-18(17)14-23/h2-3,6-7,12,15,17-18H,4-5,8-11,13-14H2,1H3. The van der Waals surface area contributed by atoms with E-state index < -0.39 is 0 Å². The lowest BCUT2D eigenvalue weighted by Gasteiger charge is -2.30. The maximum atomic E-state index is 12.6. The Morgan fingerprint density at radius 3 is 2.33 bits per heavy atom. The van der Waals surface area contributed by atoms with Crippen LogP contribution in [0.3, 0.4) is 0 Å². The van der Waals surface area contributed by atoms with Gasteiger partial charge in [0.05, 0.1) is 5.56 Å². The predicted molar refractivity (Wildman–Crippen MR) is 96.1 cm³/mol. The Hall–Kier alpha value is -1.84. The van der Waals surface area contributed by atoms with Crippen molar-refractivity contribution in [3.8, 4) is 0 Å². The number of fused-ring (bicyclic) bond motifs is 1. The maximum Gasteiger partial charge on any atom is 0.255 e. The molecule has 0 radical (unpaired) electrons. The van der Waals surface area contributed by atoms with Gasteiger partial charge in [0, 0.05) is 32.4 Å². The van der Waals surface area contributed by atoms with E-state index >= 15 is 0 Å². The first-order chi connectivity index (χ1) is 11.7. The number of pyridine rings is 1. The molecular weight excluding hydrogens is 298 g/mol. The van der Waals surface area contributed by atoms with E-state index in [0.717, 1.165) is 68.2 Å². The molecule has 4 heteroatoms. The molecular formula is C20H27N3O. The smallest absolute Gasteiger partial charge is 0.255 e. The van der Waals surface area contributed by atoms with Crippen LogP contribution in [-0.4, -0.2) is 42.0 Å². The molecule has 128 valence electrons. The highest BCUT2D eigenvalue weighted by Gasteiger charge is 2.33. The Morgan fingerprint density at radius 1 is 1.08 bits per heavy atom. The first-order valence-corrected chi connectivity index (χ1v) is 9.36. The van der Waals surface area contributed by atoms with Gasteiger partial charge in [-0.3, -0.25) is 4.79 Å². The average Bonchev–Trinajstić information content (AvgIpc) is 3.06. The van der Waals surface area contributed by atoms with E-state index in [-0.39, 0.29) is 5.91 Å². The zero-order valence-corrected chi connectivity index (χ0v) is 14.5. The molecule has 0 aromatic carbocycles. The SMILES string of the molecule is CC1CCN(C(=O)c2ccc(N3CC4CC=CCC4C3)nc2)CC1. The minimum atomic E-state index is 0.139. The van der Waals surface area contributed by atoms with Gasteiger partial charge < -0.3 is 9.80 Å². The molecule has 0 N–H and O–H groups in total. The molecule has 3 heterocycles.